The number of rotatable bonds is 3. The van der Waals surface area contributed by atoms with Gasteiger partial charge < -0.3 is 24.3 Å². The Morgan fingerprint density at radius 3 is 2.80 bits per heavy atom. The first-order valence-corrected chi connectivity index (χ1v) is 10.8. The smallest absolute Gasteiger partial charge is 0.311 e. The van der Waals surface area contributed by atoms with E-state index >= 15 is 0 Å². The summed E-state index contributed by atoms with van der Waals surface area (Å²) in [6.45, 7) is 1.88. The zero-order valence-corrected chi connectivity index (χ0v) is 17.8. The van der Waals surface area contributed by atoms with Crippen LogP contribution in [0, 0.1) is 17.8 Å². The summed E-state index contributed by atoms with van der Waals surface area (Å²) in [5.74, 6) is 0.514. The molecule has 2 fully saturated rings. The predicted octanol–water partition coefficient (Wildman–Crippen LogP) is 2.28. The molecule has 7 heteroatoms. The predicted molar refractivity (Wildman–Crippen MR) is 111 cm³/mol. The fraction of sp³-hybridized carbons (Fsp3) is 0.609. The van der Waals surface area contributed by atoms with Gasteiger partial charge in [-0.15, -0.1) is 0 Å². The van der Waals surface area contributed by atoms with E-state index in [4.69, 9.17) is 14.2 Å². The Kier molecular flexibility index (Phi) is 5.00. The number of esters is 1. The van der Waals surface area contributed by atoms with Crippen LogP contribution in [0.5, 0.6) is 5.75 Å². The third-order valence-electron chi connectivity index (χ3n) is 7.62. The van der Waals surface area contributed by atoms with E-state index in [0.717, 1.165) is 37.2 Å². The Balaban J connectivity index is 1.52. The third-order valence-corrected chi connectivity index (χ3v) is 7.62. The molecule has 7 nitrogen and oxygen atoms in total. The van der Waals surface area contributed by atoms with Crippen molar-refractivity contribution in [3.8, 4) is 5.75 Å². The first kappa shape index (κ1) is 19.8. The second-order valence-corrected chi connectivity index (χ2v) is 8.90. The van der Waals surface area contributed by atoms with E-state index in [9.17, 15) is 9.90 Å². The minimum atomic E-state index is -0.641. The molecule has 1 aromatic heterocycles. The number of nitrogens with zero attached hydrogens (tertiary/aromatic N) is 1. The number of hydrogen-bond donors (Lipinski definition) is 2. The highest BCUT2D eigenvalue weighted by Crippen LogP contribution is 2.50. The Morgan fingerprint density at radius 1 is 1.23 bits per heavy atom. The van der Waals surface area contributed by atoms with Crippen molar-refractivity contribution < 1.29 is 24.1 Å². The van der Waals surface area contributed by atoms with Crippen LogP contribution < -0.4 is 4.74 Å². The molecule has 0 amide bonds. The molecule has 1 aromatic carbocycles. The Morgan fingerprint density at radius 2 is 2.07 bits per heavy atom. The maximum Gasteiger partial charge on any atom is 0.311 e. The van der Waals surface area contributed by atoms with E-state index in [1.54, 1.807) is 14.2 Å². The van der Waals surface area contributed by atoms with Crippen LogP contribution in [-0.2, 0) is 20.7 Å². The SMILES string of the molecule is COC(=O)[C@@H]1[C@@H](OC)[C@H](O)CC2CN3CCc4c([nH]c5cc(OC)ccc45)[C@H]3C[C@@H]21. The number of hydrogen-bond acceptors (Lipinski definition) is 6. The Hall–Kier alpha value is -2.09. The molecule has 2 aliphatic heterocycles. The number of H-pyrrole nitrogens is 1. The number of methoxy groups -OCH3 is 3. The molecule has 6 atom stereocenters. The van der Waals surface area contributed by atoms with Crippen LogP contribution in [0.15, 0.2) is 18.2 Å². The fourth-order valence-electron chi connectivity index (χ4n) is 6.27. The van der Waals surface area contributed by atoms with E-state index in [1.807, 2.05) is 6.07 Å². The molecule has 0 bridgehead atoms. The molecule has 1 unspecified atom stereocenters. The monoisotopic (exact) mass is 414 g/mol. The summed E-state index contributed by atoms with van der Waals surface area (Å²) in [5.41, 5.74) is 3.73. The lowest BCUT2D eigenvalue weighted by Crippen LogP contribution is -2.57. The molecule has 1 saturated carbocycles. The normalized spacial score (nSPS) is 33.5. The summed E-state index contributed by atoms with van der Waals surface area (Å²) >= 11 is 0. The maximum atomic E-state index is 12.7. The van der Waals surface area contributed by atoms with E-state index in [0.29, 0.717) is 6.42 Å². The van der Waals surface area contributed by atoms with E-state index in [1.165, 1.54) is 23.8 Å². The van der Waals surface area contributed by atoms with Crippen LogP contribution in [0.2, 0.25) is 0 Å². The number of carbonyl (C=O) groups excluding carboxylic acids is 1. The number of nitrogens with one attached hydrogen (secondary N) is 1. The van der Waals surface area contributed by atoms with Gasteiger partial charge in [-0.25, -0.2) is 0 Å². The highest BCUT2D eigenvalue weighted by molar-refractivity contribution is 5.86. The van der Waals surface area contributed by atoms with Gasteiger partial charge in [-0.3, -0.25) is 9.69 Å². The van der Waals surface area contributed by atoms with E-state index in [-0.39, 0.29) is 23.8 Å². The molecule has 0 spiro atoms. The van der Waals surface area contributed by atoms with Crippen molar-refractivity contribution in [2.75, 3.05) is 34.4 Å². The zero-order valence-electron chi connectivity index (χ0n) is 17.8. The standard InChI is InChI=1S/C23H30N2O5/c1-28-13-4-5-14-15-6-7-25-11-12-8-19(26)22(29-2)20(23(27)30-3)16(12)10-18(25)21(15)24-17(14)9-13/h4-5,9,12,16,18-20,22,24,26H,6-8,10-11H2,1-3H3/t12?,16-,18+,19+,20-,22-/m0/s1. The lowest BCUT2D eigenvalue weighted by Gasteiger charge is -2.52. The van der Waals surface area contributed by atoms with Crippen molar-refractivity contribution in [3.63, 3.8) is 0 Å². The highest BCUT2D eigenvalue weighted by atomic mass is 16.5. The summed E-state index contributed by atoms with van der Waals surface area (Å²) in [7, 11) is 4.68. The summed E-state index contributed by atoms with van der Waals surface area (Å²) in [4.78, 5) is 18.9. The Bertz CT molecular complexity index is 956. The zero-order chi connectivity index (χ0) is 21.0. The maximum absolute atomic E-state index is 12.7. The largest absolute Gasteiger partial charge is 0.497 e. The summed E-state index contributed by atoms with van der Waals surface area (Å²) < 4.78 is 16.1. The van der Waals surface area contributed by atoms with Gasteiger partial charge >= 0.3 is 5.97 Å². The number of aromatic nitrogens is 1. The van der Waals surface area contributed by atoms with Gasteiger partial charge in [0.25, 0.3) is 0 Å². The molecular formula is C23H30N2O5. The average Bonchev–Trinajstić information content (AvgIpc) is 3.14. The number of carbonyl (C=O) groups is 1. The molecule has 2 aromatic rings. The van der Waals surface area contributed by atoms with Crippen molar-refractivity contribution in [1.82, 2.24) is 9.88 Å². The Labute approximate surface area is 176 Å². The second-order valence-electron chi connectivity index (χ2n) is 8.90. The minimum Gasteiger partial charge on any atom is -0.497 e. The van der Waals surface area contributed by atoms with Gasteiger partial charge in [0.2, 0.25) is 0 Å². The number of ether oxygens (including phenoxy) is 3. The first-order valence-electron chi connectivity index (χ1n) is 10.8. The molecule has 5 rings (SSSR count). The third kappa shape index (κ3) is 2.94. The second kappa shape index (κ2) is 7.55. The number of aliphatic hydroxyl groups excluding tert-OH is 1. The number of benzene rings is 1. The van der Waals surface area contributed by atoms with E-state index in [2.05, 4.69) is 22.0 Å². The molecule has 162 valence electrons. The van der Waals surface area contributed by atoms with Gasteiger partial charge in [0.05, 0.1) is 38.4 Å². The number of aromatic amines is 1. The average molecular weight is 415 g/mol. The highest BCUT2D eigenvalue weighted by Gasteiger charge is 2.53. The summed E-state index contributed by atoms with van der Waals surface area (Å²) in [5, 5.41) is 11.9. The van der Waals surface area contributed by atoms with Gasteiger partial charge in [-0.2, -0.15) is 0 Å². The topological polar surface area (TPSA) is 84.0 Å². The molecule has 30 heavy (non-hydrogen) atoms. The lowest BCUT2D eigenvalue weighted by atomic mass is 9.64. The number of piperidine rings is 1. The molecule has 1 saturated heterocycles. The minimum absolute atomic E-state index is 0.124. The number of fused-ring (bicyclic) bond motifs is 6. The van der Waals surface area contributed by atoms with Crippen molar-refractivity contribution in [2.24, 2.45) is 17.8 Å². The van der Waals surface area contributed by atoms with E-state index < -0.39 is 18.1 Å². The van der Waals surface area contributed by atoms with Gasteiger partial charge in [-0.1, -0.05) is 0 Å². The molecule has 0 radical (unpaired) electrons. The molecular weight excluding hydrogens is 384 g/mol. The van der Waals surface area contributed by atoms with Gasteiger partial charge in [-0.05, 0) is 48.8 Å². The van der Waals surface area contributed by atoms with Gasteiger partial charge in [0.15, 0.2) is 0 Å². The van der Waals surface area contributed by atoms with Crippen molar-refractivity contribution in [1.29, 1.82) is 0 Å². The van der Waals surface area contributed by atoms with Crippen LogP contribution in [0.1, 0.15) is 30.1 Å². The quantitative estimate of drug-likeness (QED) is 0.750. The molecule has 3 heterocycles. The first-order chi connectivity index (χ1) is 14.5. The van der Waals surface area contributed by atoms with Crippen LogP contribution in [0.25, 0.3) is 10.9 Å². The van der Waals surface area contributed by atoms with Crippen molar-refractivity contribution in [3.05, 3.63) is 29.5 Å². The van der Waals surface area contributed by atoms with Gasteiger partial charge in [0.1, 0.15) is 5.75 Å². The van der Waals surface area contributed by atoms with Crippen LogP contribution >= 0.6 is 0 Å². The summed E-state index contributed by atoms with van der Waals surface area (Å²) in [6.07, 6.45) is 1.36. The van der Waals surface area contributed by atoms with Crippen LogP contribution in [0.3, 0.4) is 0 Å². The molecule has 1 aliphatic carbocycles. The fourth-order valence-corrected chi connectivity index (χ4v) is 6.27. The summed E-state index contributed by atoms with van der Waals surface area (Å²) in [6, 6.07) is 6.44. The van der Waals surface area contributed by atoms with Crippen molar-refractivity contribution >= 4 is 16.9 Å². The lowest BCUT2D eigenvalue weighted by molar-refractivity contribution is -0.175. The number of aliphatic hydroxyl groups is 1. The van der Waals surface area contributed by atoms with Gasteiger partial charge in [0, 0.05) is 42.9 Å². The van der Waals surface area contributed by atoms with Crippen LogP contribution in [-0.4, -0.2) is 67.6 Å². The molecule has 3 aliphatic rings. The van der Waals surface area contributed by atoms with Crippen molar-refractivity contribution in [2.45, 2.75) is 37.5 Å². The van der Waals surface area contributed by atoms with Crippen LogP contribution in [0.4, 0.5) is 0 Å². The molecule has 2 N–H and O–H groups in total.